The van der Waals surface area contributed by atoms with Gasteiger partial charge in [-0.15, -0.1) is 11.3 Å². The first-order valence-electron chi connectivity index (χ1n) is 7.94. The minimum atomic E-state index is -0.513. The molecule has 1 aromatic heterocycles. The molecule has 0 spiro atoms. The van der Waals surface area contributed by atoms with Crippen molar-refractivity contribution >= 4 is 22.6 Å². The number of anilines is 1. The van der Waals surface area contributed by atoms with Crippen LogP contribution in [0.4, 0.5) is 9.93 Å². The normalized spacial score (nSPS) is 18.0. The highest BCUT2D eigenvalue weighted by molar-refractivity contribution is 7.16. The molecule has 6 heteroatoms. The average molecular weight is 325 g/mol. The maximum Gasteiger partial charge on any atom is 0.413 e. The van der Waals surface area contributed by atoms with Gasteiger partial charge in [-0.2, -0.15) is 0 Å². The number of nitrogens with one attached hydrogen (secondary N) is 1. The van der Waals surface area contributed by atoms with Gasteiger partial charge < -0.3 is 10.5 Å². The lowest BCUT2D eigenvalue weighted by Crippen LogP contribution is -2.36. The van der Waals surface area contributed by atoms with Gasteiger partial charge >= 0.3 is 6.09 Å². The smallest absolute Gasteiger partial charge is 0.413 e. The van der Waals surface area contributed by atoms with E-state index in [0.717, 1.165) is 18.5 Å². The SMILES string of the molecule is Cc1nc(NC(=O)OC(C)(C)C)sc1C1(CN)CCCCC1. The summed E-state index contributed by atoms with van der Waals surface area (Å²) < 4.78 is 5.28. The fourth-order valence-corrected chi connectivity index (χ4v) is 4.29. The summed E-state index contributed by atoms with van der Waals surface area (Å²) in [6.07, 6.45) is 5.46. The fourth-order valence-electron chi connectivity index (χ4n) is 3.09. The topological polar surface area (TPSA) is 77.2 Å². The molecule has 5 nitrogen and oxygen atoms in total. The summed E-state index contributed by atoms with van der Waals surface area (Å²) in [6.45, 7) is 8.17. The van der Waals surface area contributed by atoms with E-state index in [1.54, 1.807) is 11.3 Å². The number of rotatable bonds is 3. The third-order valence-electron chi connectivity index (χ3n) is 4.09. The molecule has 2 rings (SSSR count). The van der Waals surface area contributed by atoms with Gasteiger partial charge in [0.25, 0.3) is 0 Å². The van der Waals surface area contributed by atoms with Gasteiger partial charge in [0.05, 0.1) is 5.69 Å². The Morgan fingerprint density at radius 2 is 2.00 bits per heavy atom. The highest BCUT2D eigenvalue weighted by atomic mass is 32.1. The van der Waals surface area contributed by atoms with Crippen LogP contribution in [0.25, 0.3) is 0 Å². The Morgan fingerprint density at radius 1 is 1.36 bits per heavy atom. The lowest BCUT2D eigenvalue weighted by Gasteiger charge is -2.35. The number of aryl methyl sites for hydroxylation is 1. The Bertz CT molecular complexity index is 528. The lowest BCUT2D eigenvalue weighted by atomic mass is 9.72. The van der Waals surface area contributed by atoms with E-state index < -0.39 is 11.7 Å². The molecule has 0 saturated heterocycles. The molecular formula is C16H27N3O2S. The number of aromatic nitrogens is 1. The lowest BCUT2D eigenvalue weighted by molar-refractivity contribution is 0.0636. The predicted molar refractivity (Wildman–Crippen MR) is 90.5 cm³/mol. The Balaban J connectivity index is 2.15. The van der Waals surface area contributed by atoms with E-state index in [4.69, 9.17) is 10.5 Å². The molecule has 1 heterocycles. The monoisotopic (exact) mass is 325 g/mol. The quantitative estimate of drug-likeness (QED) is 0.882. The maximum absolute atomic E-state index is 11.9. The molecule has 1 saturated carbocycles. The number of carbonyl (C=O) groups is 1. The van der Waals surface area contributed by atoms with Crippen LogP contribution in [-0.4, -0.2) is 23.2 Å². The van der Waals surface area contributed by atoms with Crippen molar-refractivity contribution in [2.24, 2.45) is 5.73 Å². The third-order valence-corrected chi connectivity index (χ3v) is 5.41. The summed E-state index contributed by atoms with van der Waals surface area (Å²) in [4.78, 5) is 17.6. The van der Waals surface area contributed by atoms with Crippen LogP contribution >= 0.6 is 11.3 Å². The zero-order chi connectivity index (χ0) is 16.4. The second kappa shape index (κ2) is 6.54. The largest absolute Gasteiger partial charge is 0.444 e. The van der Waals surface area contributed by atoms with Gasteiger partial charge in [0.15, 0.2) is 5.13 Å². The molecule has 0 aromatic carbocycles. The molecule has 0 radical (unpaired) electrons. The van der Waals surface area contributed by atoms with Gasteiger partial charge in [-0.1, -0.05) is 19.3 Å². The van der Waals surface area contributed by atoms with Crippen LogP contribution in [0.5, 0.6) is 0 Å². The van der Waals surface area contributed by atoms with Crippen LogP contribution in [0.1, 0.15) is 63.4 Å². The molecule has 1 fully saturated rings. The number of nitrogens with zero attached hydrogens (tertiary/aromatic N) is 1. The van der Waals surface area contributed by atoms with E-state index in [9.17, 15) is 4.79 Å². The molecule has 1 aromatic rings. The minimum Gasteiger partial charge on any atom is -0.444 e. The molecule has 3 N–H and O–H groups in total. The maximum atomic E-state index is 11.9. The minimum absolute atomic E-state index is 0.0356. The summed E-state index contributed by atoms with van der Waals surface area (Å²) in [6, 6.07) is 0. The Kier molecular flexibility index (Phi) is 5.12. The van der Waals surface area contributed by atoms with Gasteiger partial charge in [-0.25, -0.2) is 9.78 Å². The van der Waals surface area contributed by atoms with E-state index in [0.29, 0.717) is 11.7 Å². The fraction of sp³-hybridized carbons (Fsp3) is 0.750. The molecule has 0 atom stereocenters. The number of hydrogen-bond acceptors (Lipinski definition) is 5. The van der Waals surface area contributed by atoms with Crippen LogP contribution in [-0.2, 0) is 10.2 Å². The van der Waals surface area contributed by atoms with Crippen molar-refractivity contribution in [1.29, 1.82) is 0 Å². The van der Waals surface area contributed by atoms with E-state index in [-0.39, 0.29) is 5.41 Å². The van der Waals surface area contributed by atoms with Gasteiger partial charge in [0, 0.05) is 16.8 Å². The number of carbonyl (C=O) groups excluding carboxylic acids is 1. The zero-order valence-electron chi connectivity index (χ0n) is 14.0. The summed E-state index contributed by atoms with van der Waals surface area (Å²) in [5, 5.41) is 3.34. The van der Waals surface area contributed by atoms with Crippen LogP contribution in [0.3, 0.4) is 0 Å². The van der Waals surface area contributed by atoms with Crippen molar-refractivity contribution in [2.75, 3.05) is 11.9 Å². The molecule has 0 bridgehead atoms. The molecular weight excluding hydrogens is 298 g/mol. The van der Waals surface area contributed by atoms with Gasteiger partial charge in [-0.3, -0.25) is 5.32 Å². The van der Waals surface area contributed by atoms with Crippen LogP contribution in [0.15, 0.2) is 0 Å². The molecule has 124 valence electrons. The highest BCUT2D eigenvalue weighted by Gasteiger charge is 2.36. The van der Waals surface area contributed by atoms with E-state index in [2.05, 4.69) is 10.3 Å². The van der Waals surface area contributed by atoms with Crippen LogP contribution < -0.4 is 11.1 Å². The molecule has 1 amide bonds. The van der Waals surface area contributed by atoms with Crippen molar-refractivity contribution in [1.82, 2.24) is 4.98 Å². The first-order chi connectivity index (χ1) is 10.3. The van der Waals surface area contributed by atoms with Crippen LogP contribution in [0.2, 0.25) is 0 Å². The third kappa shape index (κ3) is 3.98. The van der Waals surface area contributed by atoms with Crippen molar-refractivity contribution in [3.05, 3.63) is 10.6 Å². The van der Waals surface area contributed by atoms with E-state index in [1.165, 1.54) is 24.1 Å². The highest BCUT2D eigenvalue weighted by Crippen LogP contribution is 2.43. The summed E-state index contributed by atoms with van der Waals surface area (Å²) in [5.41, 5.74) is 6.60. The number of hydrogen-bond donors (Lipinski definition) is 2. The summed E-state index contributed by atoms with van der Waals surface area (Å²) in [5.74, 6) is 0. The Morgan fingerprint density at radius 3 is 2.55 bits per heavy atom. The van der Waals surface area contributed by atoms with E-state index >= 15 is 0 Å². The van der Waals surface area contributed by atoms with Crippen molar-refractivity contribution < 1.29 is 9.53 Å². The Hall–Kier alpha value is -1.14. The molecule has 0 aliphatic heterocycles. The van der Waals surface area contributed by atoms with Gasteiger partial charge in [-0.05, 0) is 40.5 Å². The molecule has 0 unspecified atom stereocenters. The van der Waals surface area contributed by atoms with E-state index in [1.807, 2.05) is 27.7 Å². The second-order valence-corrected chi connectivity index (χ2v) is 8.10. The number of nitrogens with two attached hydrogens (primary N) is 1. The molecule has 1 aliphatic carbocycles. The summed E-state index contributed by atoms with van der Waals surface area (Å²) in [7, 11) is 0. The Labute approximate surface area is 136 Å². The first-order valence-corrected chi connectivity index (χ1v) is 8.75. The number of ether oxygens (including phenoxy) is 1. The second-order valence-electron chi connectivity index (χ2n) is 7.11. The predicted octanol–water partition coefficient (Wildman–Crippen LogP) is 3.96. The van der Waals surface area contributed by atoms with Crippen LogP contribution in [0, 0.1) is 6.92 Å². The van der Waals surface area contributed by atoms with Crippen molar-refractivity contribution in [3.63, 3.8) is 0 Å². The standard InChI is InChI=1S/C16H27N3O2S/c1-11-12(16(10-17)8-6-5-7-9-16)22-13(18-11)19-14(20)21-15(2,3)4/h5-10,17H2,1-4H3,(H,18,19,20). The van der Waals surface area contributed by atoms with Gasteiger partial charge in [0.1, 0.15) is 5.60 Å². The first kappa shape index (κ1) is 17.2. The number of thiazole rings is 1. The van der Waals surface area contributed by atoms with Crippen molar-refractivity contribution in [3.8, 4) is 0 Å². The van der Waals surface area contributed by atoms with Crippen molar-refractivity contribution in [2.45, 2.75) is 70.8 Å². The molecule has 1 aliphatic rings. The summed E-state index contributed by atoms with van der Waals surface area (Å²) >= 11 is 1.54. The zero-order valence-corrected chi connectivity index (χ0v) is 14.8. The average Bonchev–Trinajstić information content (AvgIpc) is 2.78. The molecule has 22 heavy (non-hydrogen) atoms. The van der Waals surface area contributed by atoms with Gasteiger partial charge in [0.2, 0.25) is 0 Å². The number of amides is 1.